The van der Waals surface area contributed by atoms with Crippen molar-refractivity contribution >= 4 is 21.5 Å². The van der Waals surface area contributed by atoms with Crippen molar-refractivity contribution in [2.75, 3.05) is 0 Å². The maximum Gasteiger partial charge on any atom is 0.196 e. The van der Waals surface area contributed by atoms with Crippen LogP contribution in [0, 0.1) is 36.4 Å². The van der Waals surface area contributed by atoms with Gasteiger partial charge in [-0.1, -0.05) is 180 Å². The van der Waals surface area contributed by atoms with Crippen molar-refractivity contribution in [2.24, 2.45) is 0 Å². The Labute approximate surface area is 312 Å². The molecule has 2 aliphatic carbocycles. The molecule has 1 nitrogen and oxygen atoms in total. The fraction of sp³-hybridized carbons (Fsp3) is 0.314. The maximum atomic E-state index is 14.9. The van der Waals surface area contributed by atoms with Gasteiger partial charge in [0, 0.05) is 32.7 Å². The smallest absolute Gasteiger partial charge is 0.196 e. The van der Waals surface area contributed by atoms with Crippen LogP contribution < -0.4 is 5.43 Å². The van der Waals surface area contributed by atoms with Crippen LogP contribution in [0.4, 0.5) is 0 Å². The quantitative estimate of drug-likeness (QED) is 0.178. The highest BCUT2D eigenvalue weighted by molar-refractivity contribution is 5.96. The highest BCUT2D eigenvalue weighted by Gasteiger charge is 2.25. The molecule has 0 amide bonds. The van der Waals surface area contributed by atoms with E-state index in [1.165, 1.54) is 22.3 Å². The van der Waals surface area contributed by atoms with Crippen LogP contribution in [0.15, 0.2) is 89.7 Å². The van der Waals surface area contributed by atoms with Crippen LogP contribution >= 0.6 is 0 Å². The average Bonchev–Trinajstić information content (AvgIpc) is 3.33. The standard InChI is InChI=1S/C51H50O/c1-48(2,3)39-23-17-35(18-24-39)45-43-29-21-33-15-27-41(50(7,8)9)31-37(33)13-14-38-32-42(51(10,11)12)28-16-34(38)22-30-44(43)46(47(45)52)36-19-25-40(26-20-36)49(4,5)6/h15-20,23-28,31-32H,1-12H3. The Morgan fingerprint density at radius 1 is 0.346 bits per heavy atom. The monoisotopic (exact) mass is 678 g/mol. The minimum atomic E-state index is -0.0588. The van der Waals surface area contributed by atoms with Crippen molar-refractivity contribution in [1.82, 2.24) is 0 Å². The molecule has 4 aromatic rings. The Kier molecular flexibility index (Phi) is 9.15. The van der Waals surface area contributed by atoms with Crippen LogP contribution in [0.3, 0.4) is 0 Å². The lowest BCUT2D eigenvalue weighted by Crippen LogP contribution is -2.11. The van der Waals surface area contributed by atoms with Gasteiger partial charge in [0.05, 0.1) is 11.1 Å². The first-order valence-corrected chi connectivity index (χ1v) is 18.3. The van der Waals surface area contributed by atoms with E-state index in [1.54, 1.807) is 0 Å². The molecular formula is C51H50O. The molecule has 6 rings (SSSR count). The van der Waals surface area contributed by atoms with Crippen molar-refractivity contribution in [3.63, 3.8) is 0 Å². The minimum absolute atomic E-state index is 0.0191. The predicted molar refractivity (Wildman–Crippen MR) is 221 cm³/mol. The second kappa shape index (κ2) is 13.0. The lowest BCUT2D eigenvalue weighted by Gasteiger charge is -2.19. The van der Waals surface area contributed by atoms with Gasteiger partial charge in [-0.05, 0) is 79.3 Å². The van der Waals surface area contributed by atoms with E-state index in [-0.39, 0.29) is 27.1 Å². The molecule has 260 valence electrons. The summed E-state index contributed by atoms with van der Waals surface area (Å²) < 4.78 is 0. The van der Waals surface area contributed by atoms with Crippen LogP contribution in [0.25, 0.3) is 54.9 Å². The van der Waals surface area contributed by atoms with E-state index >= 15 is 0 Å². The lowest BCUT2D eigenvalue weighted by atomic mass is 9.86. The zero-order valence-electron chi connectivity index (χ0n) is 33.0. The summed E-state index contributed by atoms with van der Waals surface area (Å²) in [5, 5.41) is 3.38. The SMILES string of the molecule is CC(C)(C)c1ccc(-c2c3c#cc4ccc(C(C)(C)C)cc4c#cc4cc(C(C)(C)C)ccc4c#cc-3c(-c3ccc(C(C)(C)C)cc3)c2=O)cc1. The second-order valence-electron chi connectivity index (χ2n) is 18.3. The molecule has 2 aliphatic rings. The normalized spacial score (nSPS) is 12.2. The van der Waals surface area contributed by atoms with Crippen LogP contribution in [-0.4, -0.2) is 0 Å². The third kappa shape index (κ3) is 7.36. The molecular weight excluding hydrogens is 629 g/mol. The van der Waals surface area contributed by atoms with E-state index < -0.39 is 0 Å². The van der Waals surface area contributed by atoms with E-state index in [1.807, 2.05) is 0 Å². The predicted octanol–water partition coefficient (Wildman–Crippen LogP) is 12.9. The highest BCUT2D eigenvalue weighted by Crippen LogP contribution is 2.39. The van der Waals surface area contributed by atoms with Gasteiger partial charge in [0.25, 0.3) is 0 Å². The van der Waals surface area contributed by atoms with Gasteiger partial charge in [-0.3, -0.25) is 4.79 Å². The molecule has 0 saturated carbocycles. The summed E-state index contributed by atoms with van der Waals surface area (Å²) in [5.41, 5.74) is 8.75. The van der Waals surface area contributed by atoms with Gasteiger partial charge in [-0.25, -0.2) is 0 Å². The molecule has 0 aromatic heterocycles. The lowest BCUT2D eigenvalue weighted by molar-refractivity contribution is 0.590. The molecule has 1 heteroatoms. The number of rotatable bonds is 2. The van der Waals surface area contributed by atoms with Gasteiger partial charge in [0.1, 0.15) is 0 Å². The van der Waals surface area contributed by atoms with Crippen molar-refractivity contribution in [2.45, 2.75) is 105 Å². The maximum absolute atomic E-state index is 14.9. The van der Waals surface area contributed by atoms with Gasteiger partial charge < -0.3 is 0 Å². The summed E-state index contributed by atoms with van der Waals surface area (Å²) in [4.78, 5) is 14.9. The van der Waals surface area contributed by atoms with E-state index in [0.29, 0.717) is 22.3 Å². The van der Waals surface area contributed by atoms with Crippen LogP contribution in [0.5, 0.6) is 0 Å². The highest BCUT2D eigenvalue weighted by atomic mass is 16.1. The molecule has 52 heavy (non-hydrogen) atoms. The summed E-state index contributed by atoms with van der Waals surface area (Å²) in [6, 6.07) is 50.5. The topological polar surface area (TPSA) is 17.1 Å². The first kappa shape index (κ1) is 36.5. The van der Waals surface area contributed by atoms with E-state index in [4.69, 9.17) is 0 Å². The van der Waals surface area contributed by atoms with Crippen molar-refractivity contribution < 1.29 is 0 Å². The summed E-state index contributed by atoms with van der Waals surface area (Å²) in [6.07, 6.45) is 0. The zero-order valence-corrected chi connectivity index (χ0v) is 33.0. The Bertz CT molecular complexity index is 2190. The second-order valence-corrected chi connectivity index (χ2v) is 18.3. The molecule has 0 fully saturated rings. The summed E-state index contributed by atoms with van der Waals surface area (Å²) in [5.74, 6) is 0. The number of hydrogen-bond donors (Lipinski definition) is 0. The van der Waals surface area contributed by atoms with Gasteiger partial charge in [-0.2, -0.15) is 0 Å². The molecule has 0 radical (unpaired) electrons. The Morgan fingerprint density at radius 2 is 0.635 bits per heavy atom. The largest absolute Gasteiger partial charge is 0.288 e. The minimum Gasteiger partial charge on any atom is -0.288 e. The van der Waals surface area contributed by atoms with Gasteiger partial charge >= 0.3 is 0 Å². The van der Waals surface area contributed by atoms with Crippen LogP contribution in [-0.2, 0) is 21.7 Å². The summed E-state index contributed by atoms with van der Waals surface area (Å²) >= 11 is 0. The van der Waals surface area contributed by atoms with Crippen molar-refractivity contribution in [1.29, 1.82) is 0 Å². The molecule has 0 spiro atoms. The molecule has 0 aliphatic heterocycles. The number of benzene rings is 4. The van der Waals surface area contributed by atoms with Gasteiger partial charge in [0.2, 0.25) is 0 Å². The van der Waals surface area contributed by atoms with E-state index in [9.17, 15) is 4.79 Å². The van der Waals surface area contributed by atoms with Crippen LogP contribution in [0.1, 0.15) is 105 Å². The van der Waals surface area contributed by atoms with Crippen LogP contribution in [0.2, 0.25) is 0 Å². The first-order valence-electron chi connectivity index (χ1n) is 18.3. The first-order chi connectivity index (χ1) is 24.2. The van der Waals surface area contributed by atoms with Crippen molar-refractivity contribution in [3.8, 4) is 33.4 Å². The Morgan fingerprint density at radius 3 is 0.942 bits per heavy atom. The molecule has 0 atom stereocenters. The number of fused-ring (bicyclic) bond motifs is 3. The molecule has 0 heterocycles. The fourth-order valence-electron chi connectivity index (χ4n) is 6.52. The zero-order chi connectivity index (χ0) is 37.8. The fourth-order valence-corrected chi connectivity index (χ4v) is 6.52. The summed E-state index contributed by atoms with van der Waals surface area (Å²) in [7, 11) is 0. The average molecular weight is 679 g/mol. The van der Waals surface area contributed by atoms with Crippen molar-refractivity contribution in [3.05, 3.63) is 154 Å². The number of hydrogen-bond acceptors (Lipinski definition) is 1. The molecule has 0 bridgehead atoms. The van der Waals surface area contributed by atoms with E-state index in [2.05, 4.69) is 204 Å². The molecule has 0 saturated heterocycles. The molecule has 0 unspecified atom stereocenters. The Balaban J connectivity index is 1.77. The molecule has 0 N–H and O–H groups in total. The molecule has 4 aromatic carbocycles. The Hall–Kier alpha value is -5.29. The van der Waals surface area contributed by atoms with E-state index in [0.717, 1.165) is 32.7 Å². The van der Waals surface area contributed by atoms with Gasteiger partial charge in [-0.15, -0.1) is 0 Å². The third-order valence-electron chi connectivity index (χ3n) is 10.0. The third-order valence-corrected chi connectivity index (χ3v) is 10.0. The summed E-state index contributed by atoms with van der Waals surface area (Å²) in [6.45, 7) is 26.5. The van der Waals surface area contributed by atoms with Gasteiger partial charge in [0.15, 0.2) is 5.43 Å².